The van der Waals surface area contributed by atoms with Gasteiger partial charge in [0.25, 0.3) is 0 Å². The zero-order chi connectivity index (χ0) is 15.5. The van der Waals surface area contributed by atoms with Crippen LogP contribution in [0.1, 0.15) is 17.0 Å². The van der Waals surface area contributed by atoms with Crippen LogP contribution in [0.5, 0.6) is 0 Å². The van der Waals surface area contributed by atoms with E-state index in [4.69, 9.17) is 4.74 Å². The van der Waals surface area contributed by atoms with E-state index in [2.05, 4.69) is 4.98 Å². The van der Waals surface area contributed by atoms with Crippen LogP contribution < -0.4 is 0 Å². The van der Waals surface area contributed by atoms with Gasteiger partial charge in [-0.2, -0.15) is 0 Å². The molecule has 22 heavy (non-hydrogen) atoms. The van der Waals surface area contributed by atoms with Gasteiger partial charge in [-0.1, -0.05) is 18.2 Å². The van der Waals surface area contributed by atoms with Crippen molar-refractivity contribution in [1.29, 1.82) is 0 Å². The van der Waals surface area contributed by atoms with E-state index in [1.54, 1.807) is 7.11 Å². The third kappa shape index (κ3) is 3.10. The fourth-order valence-electron chi connectivity index (χ4n) is 2.39. The van der Waals surface area contributed by atoms with Crippen LogP contribution in [-0.2, 0) is 27.9 Å². The zero-order valence-electron chi connectivity index (χ0n) is 12.7. The Morgan fingerprint density at radius 2 is 1.95 bits per heavy atom. The predicted octanol–water partition coefficient (Wildman–Crippen LogP) is 3.10. The highest BCUT2D eigenvalue weighted by molar-refractivity contribution is 7.84. The van der Waals surface area contributed by atoms with E-state index in [1.807, 2.05) is 60.0 Å². The lowest BCUT2D eigenvalue weighted by atomic mass is 10.2. The molecule has 0 saturated carbocycles. The van der Waals surface area contributed by atoms with Gasteiger partial charge < -0.3 is 9.14 Å². The maximum Gasteiger partial charge on any atom is 0.137 e. The first-order valence-corrected chi connectivity index (χ1v) is 8.39. The largest absolute Gasteiger partial charge is 0.380 e. The van der Waals surface area contributed by atoms with Crippen LogP contribution >= 0.6 is 0 Å². The quantitative estimate of drug-likeness (QED) is 0.727. The van der Waals surface area contributed by atoms with Crippen molar-refractivity contribution in [2.75, 3.05) is 7.11 Å². The topological polar surface area (TPSA) is 43.6 Å². The second-order valence-corrected chi connectivity index (χ2v) is 6.65. The number of hydrogen-bond acceptors (Lipinski definition) is 3. The first-order chi connectivity index (χ1) is 10.7. The van der Waals surface area contributed by atoms with Gasteiger partial charge in [-0.15, -0.1) is 0 Å². The number of ether oxygens (including phenoxy) is 1. The number of aromatic nitrogens is 2. The van der Waals surface area contributed by atoms with Gasteiger partial charge >= 0.3 is 0 Å². The standard InChI is InChI=1S/C17H18N2O2S/c1-13-4-3-5-17-18-15(10-19(13)17)12-22(20)16-8-6-14(7-9-16)11-21-2/h3-10H,11-12H2,1-2H3/t22-/m0/s1. The molecule has 0 unspecified atom stereocenters. The molecule has 1 atom stereocenters. The highest BCUT2D eigenvalue weighted by atomic mass is 32.2. The molecular formula is C17H18N2O2S. The van der Waals surface area contributed by atoms with E-state index >= 15 is 0 Å². The van der Waals surface area contributed by atoms with Crippen LogP contribution in [-0.4, -0.2) is 20.7 Å². The molecular weight excluding hydrogens is 296 g/mol. The summed E-state index contributed by atoms with van der Waals surface area (Å²) in [6.45, 7) is 2.60. The first-order valence-electron chi connectivity index (χ1n) is 7.07. The maximum atomic E-state index is 12.5. The summed E-state index contributed by atoms with van der Waals surface area (Å²) in [7, 11) is 0.568. The summed E-state index contributed by atoms with van der Waals surface area (Å²) in [6, 6.07) is 13.7. The van der Waals surface area contributed by atoms with Gasteiger partial charge in [0.2, 0.25) is 0 Å². The lowest BCUT2D eigenvalue weighted by Crippen LogP contribution is -1.97. The van der Waals surface area contributed by atoms with Gasteiger partial charge in [-0.25, -0.2) is 4.98 Å². The van der Waals surface area contributed by atoms with E-state index in [-0.39, 0.29) is 0 Å². The van der Waals surface area contributed by atoms with Gasteiger partial charge in [0.1, 0.15) is 5.65 Å². The van der Waals surface area contributed by atoms with Gasteiger partial charge in [0, 0.05) is 23.9 Å². The molecule has 0 radical (unpaired) electrons. The van der Waals surface area contributed by atoms with Gasteiger partial charge in [-0.3, -0.25) is 4.21 Å². The Bertz CT molecular complexity index is 809. The molecule has 0 N–H and O–H groups in total. The summed E-state index contributed by atoms with van der Waals surface area (Å²) >= 11 is 0. The molecule has 2 aromatic heterocycles. The van der Waals surface area contributed by atoms with E-state index < -0.39 is 10.8 Å². The molecule has 4 nitrogen and oxygen atoms in total. The Morgan fingerprint density at radius 1 is 1.18 bits per heavy atom. The molecule has 3 rings (SSSR count). The monoisotopic (exact) mass is 314 g/mol. The number of imidazole rings is 1. The first kappa shape index (κ1) is 14.9. The third-order valence-corrected chi connectivity index (χ3v) is 4.88. The summed E-state index contributed by atoms with van der Waals surface area (Å²) in [5.74, 6) is 0.421. The molecule has 0 amide bonds. The molecule has 1 aromatic carbocycles. The number of benzene rings is 1. The van der Waals surface area contributed by atoms with Crippen molar-refractivity contribution in [3.63, 3.8) is 0 Å². The highest BCUT2D eigenvalue weighted by Crippen LogP contribution is 2.15. The lowest BCUT2D eigenvalue weighted by Gasteiger charge is -2.03. The minimum absolute atomic E-state index is 0.421. The van der Waals surface area contributed by atoms with Gasteiger partial charge in [0.05, 0.1) is 28.9 Å². The number of nitrogens with zero attached hydrogens (tertiary/aromatic N) is 2. The lowest BCUT2D eigenvalue weighted by molar-refractivity contribution is 0.185. The number of rotatable bonds is 5. The van der Waals surface area contributed by atoms with Crippen molar-refractivity contribution in [2.45, 2.75) is 24.2 Å². The Morgan fingerprint density at radius 3 is 2.64 bits per heavy atom. The van der Waals surface area contributed by atoms with Crippen LogP contribution in [0.15, 0.2) is 53.6 Å². The van der Waals surface area contributed by atoms with Gasteiger partial charge in [0.15, 0.2) is 0 Å². The minimum atomic E-state index is -1.10. The number of pyridine rings is 1. The SMILES string of the molecule is COCc1ccc([S@@](=O)Cc2cn3c(C)cccc3n2)cc1. The molecule has 0 saturated heterocycles. The highest BCUT2D eigenvalue weighted by Gasteiger charge is 2.09. The Kier molecular flexibility index (Phi) is 4.36. The Balaban J connectivity index is 1.79. The molecule has 0 bridgehead atoms. The van der Waals surface area contributed by atoms with Crippen molar-refractivity contribution in [2.24, 2.45) is 0 Å². The smallest absolute Gasteiger partial charge is 0.137 e. The molecule has 0 spiro atoms. The second kappa shape index (κ2) is 6.42. The van der Waals surface area contributed by atoms with Crippen molar-refractivity contribution >= 4 is 16.4 Å². The number of aryl methyl sites for hydroxylation is 1. The van der Waals surface area contributed by atoms with E-state index in [0.29, 0.717) is 12.4 Å². The summed E-state index contributed by atoms with van der Waals surface area (Å²) in [5.41, 5.74) is 3.92. The number of fused-ring (bicyclic) bond motifs is 1. The van der Waals surface area contributed by atoms with Crippen molar-refractivity contribution in [3.8, 4) is 0 Å². The maximum absolute atomic E-state index is 12.5. The van der Waals surface area contributed by atoms with E-state index in [0.717, 1.165) is 27.5 Å². The molecule has 0 aliphatic heterocycles. The minimum Gasteiger partial charge on any atom is -0.380 e. The molecule has 0 aliphatic carbocycles. The van der Waals surface area contributed by atoms with Crippen molar-refractivity contribution in [1.82, 2.24) is 9.38 Å². The number of methoxy groups -OCH3 is 1. The summed E-state index contributed by atoms with van der Waals surface area (Å²) in [5, 5.41) is 0. The third-order valence-electron chi connectivity index (χ3n) is 3.52. The normalized spacial score (nSPS) is 12.6. The summed E-state index contributed by atoms with van der Waals surface area (Å²) in [6.07, 6.45) is 1.96. The molecule has 3 aromatic rings. The zero-order valence-corrected chi connectivity index (χ0v) is 13.5. The fourth-order valence-corrected chi connectivity index (χ4v) is 3.40. The van der Waals surface area contributed by atoms with E-state index in [9.17, 15) is 4.21 Å². The average molecular weight is 314 g/mol. The average Bonchev–Trinajstić information content (AvgIpc) is 2.92. The molecule has 0 aliphatic rings. The molecule has 2 heterocycles. The predicted molar refractivity (Wildman–Crippen MR) is 87.2 cm³/mol. The van der Waals surface area contributed by atoms with Gasteiger partial charge in [-0.05, 0) is 36.8 Å². The van der Waals surface area contributed by atoms with Crippen molar-refractivity contribution < 1.29 is 8.95 Å². The Hall–Kier alpha value is -1.98. The van der Waals surface area contributed by atoms with Crippen LogP contribution in [0.3, 0.4) is 0 Å². The van der Waals surface area contributed by atoms with Crippen molar-refractivity contribution in [3.05, 3.63) is 65.6 Å². The fraction of sp³-hybridized carbons (Fsp3) is 0.235. The Labute approximate surface area is 132 Å². The van der Waals surface area contributed by atoms with Crippen LogP contribution in [0.25, 0.3) is 5.65 Å². The van der Waals surface area contributed by atoms with Crippen LogP contribution in [0.2, 0.25) is 0 Å². The van der Waals surface area contributed by atoms with Crippen LogP contribution in [0, 0.1) is 6.92 Å². The molecule has 0 fully saturated rings. The molecule has 5 heteroatoms. The van der Waals surface area contributed by atoms with E-state index in [1.165, 1.54) is 0 Å². The second-order valence-electron chi connectivity index (χ2n) is 5.19. The molecule has 114 valence electrons. The summed E-state index contributed by atoms with van der Waals surface area (Å²) < 4.78 is 19.6. The van der Waals surface area contributed by atoms with Crippen LogP contribution in [0.4, 0.5) is 0 Å². The number of hydrogen-bond donors (Lipinski definition) is 0. The summed E-state index contributed by atoms with van der Waals surface area (Å²) in [4.78, 5) is 5.35.